The summed E-state index contributed by atoms with van der Waals surface area (Å²) < 4.78 is 0. The fraction of sp³-hybridized carbons (Fsp3) is 1.00. The van der Waals surface area contributed by atoms with Gasteiger partial charge in [0.15, 0.2) is 0 Å². The van der Waals surface area contributed by atoms with Gasteiger partial charge in [-0.1, -0.05) is 117 Å². The Morgan fingerprint density at radius 2 is 0.577 bits per heavy atom. The van der Waals surface area contributed by atoms with Gasteiger partial charge in [-0.2, -0.15) is 0 Å². The van der Waals surface area contributed by atoms with E-state index < -0.39 is 0 Å². The maximum Gasteiger partial charge on any atom is 0 e. The first kappa shape index (κ1) is 30.0. The van der Waals surface area contributed by atoms with Crippen LogP contribution in [0.5, 0.6) is 0 Å². The van der Waals surface area contributed by atoms with Gasteiger partial charge < -0.3 is 0 Å². The van der Waals surface area contributed by atoms with Gasteiger partial charge in [-0.15, -0.1) is 7.92 Å². The van der Waals surface area contributed by atoms with Gasteiger partial charge in [-0.05, 0) is 37.7 Å². The summed E-state index contributed by atoms with van der Waals surface area (Å²) in [5, 5.41) is 0. The van der Waals surface area contributed by atoms with E-state index in [1.807, 2.05) is 0 Å². The summed E-state index contributed by atoms with van der Waals surface area (Å²) in [6, 6.07) is 0. The monoisotopic (exact) mass is 528 g/mol. The van der Waals surface area contributed by atoms with Crippen molar-refractivity contribution in [2.45, 2.75) is 136 Å². The zero-order chi connectivity index (χ0) is 18.4. The average Bonchev–Trinajstić information content (AvgIpc) is 2.63. The standard InChI is InChI=1S/C24H51P.Gd/c1-4-7-10-13-16-19-22-25(23-20-17-14-11-8-5-2)24-21-18-15-12-9-6-3;/h4-24H2,1-3H3;. The Hall–Kier alpha value is 1.75. The van der Waals surface area contributed by atoms with Crippen LogP contribution >= 0.6 is 7.92 Å². The first-order valence-electron chi connectivity index (χ1n) is 12.1. The van der Waals surface area contributed by atoms with E-state index in [1.54, 1.807) is 18.5 Å². The van der Waals surface area contributed by atoms with E-state index in [1.165, 1.54) is 116 Å². The molecule has 0 saturated heterocycles. The van der Waals surface area contributed by atoms with Gasteiger partial charge in [0.2, 0.25) is 0 Å². The topological polar surface area (TPSA) is 0 Å². The van der Waals surface area contributed by atoms with Gasteiger partial charge in [0.05, 0.1) is 0 Å². The molecule has 0 amide bonds. The molecule has 0 radical (unpaired) electrons. The van der Waals surface area contributed by atoms with Crippen LogP contribution in [0.1, 0.15) is 136 Å². The zero-order valence-electron chi connectivity index (χ0n) is 18.7. The molecule has 2 heteroatoms. The molecule has 0 aliphatic rings. The quantitative estimate of drug-likeness (QED) is 0.103. The Morgan fingerprint density at radius 1 is 0.346 bits per heavy atom. The van der Waals surface area contributed by atoms with Crippen LogP contribution in [-0.4, -0.2) is 18.5 Å². The molecule has 160 valence electrons. The molecule has 0 aromatic carbocycles. The minimum absolute atomic E-state index is 0. The largest absolute Gasteiger partial charge is 0.107 e. The van der Waals surface area contributed by atoms with Crippen LogP contribution < -0.4 is 0 Å². The van der Waals surface area contributed by atoms with E-state index in [2.05, 4.69) is 20.8 Å². The van der Waals surface area contributed by atoms with Crippen LogP contribution in [0.2, 0.25) is 0 Å². The van der Waals surface area contributed by atoms with Gasteiger partial charge in [0, 0.05) is 39.9 Å². The molecule has 0 spiro atoms. The predicted molar refractivity (Wildman–Crippen MR) is 122 cm³/mol. The fourth-order valence-corrected chi connectivity index (χ4v) is 6.37. The van der Waals surface area contributed by atoms with E-state index in [0.29, 0.717) is 7.92 Å². The van der Waals surface area contributed by atoms with E-state index in [0.717, 1.165) is 0 Å². The normalized spacial score (nSPS) is 11.1. The van der Waals surface area contributed by atoms with Gasteiger partial charge in [0.25, 0.3) is 0 Å². The van der Waals surface area contributed by atoms with Crippen LogP contribution in [0, 0.1) is 39.9 Å². The summed E-state index contributed by atoms with van der Waals surface area (Å²) in [4.78, 5) is 0. The second-order valence-electron chi connectivity index (χ2n) is 8.14. The second kappa shape index (κ2) is 26.8. The fourth-order valence-electron chi connectivity index (χ4n) is 3.68. The number of unbranched alkanes of at least 4 members (excludes halogenated alkanes) is 15. The third-order valence-corrected chi connectivity index (χ3v) is 8.33. The predicted octanol–water partition coefficient (Wildman–Crippen LogP) is 9.55. The Bertz CT molecular complexity index is 194. The van der Waals surface area contributed by atoms with Crippen molar-refractivity contribution in [1.29, 1.82) is 0 Å². The summed E-state index contributed by atoms with van der Waals surface area (Å²) in [6.45, 7) is 6.96. The van der Waals surface area contributed by atoms with Gasteiger partial charge in [-0.25, -0.2) is 0 Å². The van der Waals surface area contributed by atoms with Crippen LogP contribution in [0.15, 0.2) is 0 Å². The van der Waals surface area contributed by atoms with Crippen LogP contribution in [0.4, 0.5) is 0 Å². The Labute approximate surface area is 201 Å². The Balaban J connectivity index is 0. The van der Waals surface area contributed by atoms with Crippen molar-refractivity contribution in [3.8, 4) is 0 Å². The first-order chi connectivity index (χ1) is 12.3. The maximum absolute atomic E-state index is 2.32. The zero-order valence-corrected chi connectivity index (χ0v) is 21.8. The summed E-state index contributed by atoms with van der Waals surface area (Å²) in [6.07, 6.45) is 31.2. The van der Waals surface area contributed by atoms with Crippen molar-refractivity contribution < 1.29 is 39.9 Å². The van der Waals surface area contributed by atoms with E-state index in [9.17, 15) is 0 Å². The summed E-state index contributed by atoms with van der Waals surface area (Å²) in [5.41, 5.74) is 0. The van der Waals surface area contributed by atoms with Gasteiger partial charge in [0.1, 0.15) is 0 Å². The third kappa shape index (κ3) is 23.8. The number of hydrogen-bond acceptors (Lipinski definition) is 0. The SMILES string of the molecule is CCCCCCCCP(CCCCCCCC)CCCCCCCC.[Gd]. The average molecular weight is 528 g/mol. The van der Waals surface area contributed by atoms with Crippen molar-refractivity contribution in [1.82, 2.24) is 0 Å². The molecule has 0 aliphatic carbocycles. The van der Waals surface area contributed by atoms with Crippen molar-refractivity contribution in [2.24, 2.45) is 0 Å². The molecule has 0 aromatic heterocycles. The van der Waals surface area contributed by atoms with Crippen LogP contribution in [0.3, 0.4) is 0 Å². The molecule has 0 aliphatic heterocycles. The molecule has 0 N–H and O–H groups in total. The molecule has 0 saturated carbocycles. The second-order valence-corrected chi connectivity index (χ2v) is 10.8. The van der Waals surface area contributed by atoms with Crippen molar-refractivity contribution in [3.63, 3.8) is 0 Å². The van der Waals surface area contributed by atoms with E-state index in [-0.39, 0.29) is 39.9 Å². The third-order valence-electron chi connectivity index (χ3n) is 5.48. The van der Waals surface area contributed by atoms with E-state index in [4.69, 9.17) is 0 Å². The molecule has 26 heavy (non-hydrogen) atoms. The Kier molecular flexibility index (Phi) is 30.8. The van der Waals surface area contributed by atoms with Crippen molar-refractivity contribution in [2.75, 3.05) is 18.5 Å². The smallest absolute Gasteiger partial charge is 0 e. The van der Waals surface area contributed by atoms with E-state index >= 15 is 0 Å². The summed E-state index contributed by atoms with van der Waals surface area (Å²) in [7, 11) is 0.366. The minimum Gasteiger partial charge on any atom is -0.107 e. The molecule has 0 nitrogen and oxygen atoms in total. The summed E-state index contributed by atoms with van der Waals surface area (Å²) in [5.74, 6) is 0. The van der Waals surface area contributed by atoms with Crippen LogP contribution in [-0.2, 0) is 0 Å². The molecule has 0 rings (SSSR count). The molecular weight excluding hydrogens is 476 g/mol. The van der Waals surface area contributed by atoms with Gasteiger partial charge >= 0.3 is 0 Å². The summed E-state index contributed by atoms with van der Waals surface area (Å²) >= 11 is 0. The molecule has 0 atom stereocenters. The molecule has 0 fully saturated rings. The van der Waals surface area contributed by atoms with Crippen LogP contribution in [0.25, 0.3) is 0 Å². The maximum atomic E-state index is 2.32. The van der Waals surface area contributed by atoms with Gasteiger partial charge in [-0.3, -0.25) is 0 Å². The minimum atomic E-state index is 0. The Morgan fingerprint density at radius 3 is 0.846 bits per heavy atom. The first-order valence-corrected chi connectivity index (χ1v) is 14.0. The number of hydrogen-bond donors (Lipinski definition) is 0. The molecular formula is C24H51GdP. The molecule has 0 bridgehead atoms. The molecule has 0 aromatic rings. The van der Waals surface area contributed by atoms with Crippen molar-refractivity contribution >= 4 is 7.92 Å². The number of rotatable bonds is 21. The molecule has 0 heterocycles. The van der Waals surface area contributed by atoms with Crippen molar-refractivity contribution in [3.05, 3.63) is 0 Å². The molecule has 0 unspecified atom stereocenters.